The van der Waals surface area contributed by atoms with Crippen LogP contribution in [0.4, 0.5) is 23.7 Å². The summed E-state index contributed by atoms with van der Waals surface area (Å²) in [6.07, 6.45) is 1.26. The van der Waals surface area contributed by atoms with Crippen molar-refractivity contribution in [1.29, 1.82) is 0 Å². The fourth-order valence-corrected chi connectivity index (χ4v) is 4.17. The minimum Gasteiger partial charge on any atom is -0.478 e. The highest BCUT2D eigenvalue weighted by Gasteiger charge is 2.36. The van der Waals surface area contributed by atoms with Gasteiger partial charge < -0.3 is 14.8 Å². The number of carboxylic acid groups (broad SMARTS) is 1. The Labute approximate surface area is 209 Å². The highest BCUT2D eigenvalue weighted by Crippen LogP contribution is 2.34. The number of hydrogen-bond donors (Lipinski definition) is 2. The molecular weight excluding hydrogens is 525 g/mol. The molecule has 2 N–H and O–H groups in total. The Kier molecular flexibility index (Phi) is 6.91. The second-order valence-corrected chi connectivity index (χ2v) is 8.64. The summed E-state index contributed by atoms with van der Waals surface area (Å²) in [4.78, 5) is 48.9. The predicted molar refractivity (Wildman–Crippen MR) is 124 cm³/mol. The van der Waals surface area contributed by atoms with Crippen LogP contribution >= 0.6 is 23.4 Å². The van der Waals surface area contributed by atoms with E-state index >= 15 is 0 Å². The number of furan rings is 1. The van der Waals surface area contributed by atoms with Gasteiger partial charge in [-0.15, -0.1) is 0 Å². The maximum absolute atomic E-state index is 13.8. The maximum atomic E-state index is 13.8. The quantitative estimate of drug-likeness (QED) is 0.320. The molecule has 0 radical (unpaired) electrons. The second-order valence-electron chi connectivity index (χ2n) is 7.24. The smallest absolute Gasteiger partial charge is 0.337 e. The van der Waals surface area contributed by atoms with Gasteiger partial charge in [-0.2, -0.15) is 0 Å². The summed E-state index contributed by atoms with van der Waals surface area (Å²) in [5.41, 5.74) is -0.377. The van der Waals surface area contributed by atoms with Crippen molar-refractivity contribution in [2.75, 3.05) is 11.9 Å². The molecule has 0 spiro atoms. The number of anilines is 1. The molecule has 0 bridgehead atoms. The first-order chi connectivity index (χ1) is 17.0. The van der Waals surface area contributed by atoms with Crippen LogP contribution in [0.3, 0.4) is 0 Å². The molecule has 2 aromatic carbocycles. The van der Waals surface area contributed by atoms with E-state index in [1.165, 1.54) is 30.3 Å². The highest BCUT2D eigenvalue weighted by atomic mass is 35.5. The Morgan fingerprint density at radius 1 is 1.08 bits per heavy atom. The zero-order chi connectivity index (χ0) is 26.1. The number of rotatable bonds is 6. The van der Waals surface area contributed by atoms with E-state index in [-0.39, 0.29) is 27.0 Å². The fourth-order valence-electron chi connectivity index (χ4n) is 3.15. The molecule has 4 rings (SSSR count). The largest absolute Gasteiger partial charge is 0.478 e. The monoisotopic (exact) mass is 536 g/mol. The number of carbonyl (C=O) groups is 4. The van der Waals surface area contributed by atoms with Crippen molar-refractivity contribution in [1.82, 2.24) is 4.90 Å². The second kappa shape index (κ2) is 9.91. The van der Waals surface area contributed by atoms with Crippen LogP contribution in [0.2, 0.25) is 5.02 Å². The summed E-state index contributed by atoms with van der Waals surface area (Å²) in [5, 5.41) is 10.5. The molecule has 0 saturated carbocycles. The normalized spacial score (nSPS) is 14.6. The van der Waals surface area contributed by atoms with Crippen LogP contribution in [-0.4, -0.2) is 39.6 Å². The number of nitrogens with one attached hydrogen (secondary N) is 1. The standard InChI is InChI=1S/C23H12ClF3N2O6S/c24-13-3-1-10(7-12(13)22(32)33)16-6-2-11(35-16)8-17-21(31)29(23(34)36-17)9-18(30)28-15-5-4-14(25)19(26)20(15)27/h1-8H,9H2,(H,28,30)(H,32,33)/b17-8+. The van der Waals surface area contributed by atoms with Crippen molar-refractivity contribution < 1.29 is 41.9 Å². The number of imide groups is 1. The predicted octanol–water partition coefficient (Wildman–Crippen LogP) is 5.39. The summed E-state index contributed by atoms with van der Waals surface area (Å²) >= 11 is 6.39. The van der Waals surface area contributed by atoms with Crippen LogP contribution in [-0.2, 0) is 9.59 Å². The van der Waals surface area contributed by atoms with E-state index < -0.39 is 52.7 Å². The number of benzene rings is 2. The van der Waals surface area contributed by atoms with Crippen LogP contribution < -0.4 is 5.32 Å². The minimum atomic E-state index is -1.78. The first-order valence-corrected chi connectivity index (χ1v) is 11.1. The van der Waals surface area contributed by atoms with E-state index in [9.17, 15) is 37.5 Å². The number of nitrogens with zero attached hydrogens (tertiary/aromatic N) is 1. The molecule has 1 aromatic heterocycles. The number of halogens is 4. The van der Waals surface area contributed by atoms with Crippen molar-refractivity contribution in [2.45, 2.75) is 0 Å². The van der Waals surface area contributed by atoms with E-state index in [4.69, 9.17) is 16.0 Å². The van der Waals surface area contributed by atoms with Crippen LogP contribution in [0.5, 0.6) is 0 Å². The van der Waals surface area contributed by atoms with Crippen molar-refractivity contribution in [3.63, 3.8) is 0 Å². The summed E-state index contributed by atoms with van der Waals surface area (Å²) in [6.45, 7) is -0.799. The number of thioether (sulfide) groups is 1. The molecule has 1 fully saturated rings. The lowest BCUT2D eigenvalue weighted by atomic mass is 10.1. The molecule has 1 aliphatic heterocycles. The molecule has 36 heavy (non-hydrogen) atoms. The Hall–Kier alpha value is -4.03. The van der Waals surface area contributed by atoms with Gasteiger partial charge >= 0.3 is 5.97 Å². The Morgan fingerprint density at radius 2 is 1.83 bits per heavy atom. The molecule has 8 nitrogen and oxygen atoms in total. The average molecular weight is 537 g/mol. The maximum Gasteiger partial charge on any atom is 0.337 e. The first kappa shape index (κ1) is 25.1. The molecule has 0 atom stereocenters. The number of carboxylic acids is 1. The van der Waals surface area contributed by atoms with E-state index in [0.717, 1.165) is 6.07 Å². The van der Waals surface area contributed by atoms with Crippen LogP contribution in [0.25, 0.3) is 17.4 Å². The topological polar surface area (TPSA) is 117 Å². The molecule has 1 saturated heterocycles. The number of hydrogen-bond acceptors (Lipinski definition) is 6. The van der Waals surface area contributed by atoms with Gasteiger partial charge in [0.2, 0.25) is 5.91 Å². The van der Waals surface area contributed by atoms with E-state index in [2.05, 4.69) is 0 Å². The number of amides is 3. The Morgan fingerprint density at radius 3 is 2.56 bits per heavy atom. The van der Waals surface area contributed by atoms with Gasteiger partial charge in [0, 0.05) is 11.6 Å². The van der Waals surface area contributed by atoms with Crippen molar-refractivity contribution >= 4 is 58.1 Å². The van der Waals surface area contributed by atoms with E-state index in [1.807, 2.05) is 5.32 Å². The van der Waals surface area contributed by atoms with Crippen molar-refractivity contribution in [3.8, 4) is 11.3 Å². The van der Waals surface area contributed by atoms with Crippen molar-refractivity contribution in [2.24, 2.45) is 0 Å². The van der Waals surface area contributed by atoms with E-state index in [1.54, 1.807) is 6.07 Å². The molecule has 3 aromatic rings. The Bertz CT molecular complexity index is 1470. The molecule has 1 aliphatic rings. The molecule has 3 amide bonds. The number of carbonyl (C=O) groups excluding carboxylic acids is 3. The minimum absolute atomic E-state index is 0.0445. The molecule has 0 unspecified atom stereocenters. The third kappa shape index (κ3) is 4.99. The lowest BCUT2D eigenvalue weighted by Gasteiger charge is -2.13. The molecule has 13 heteroatoms. The number of aromatic carboxylic acids is 1. The van der Waals surface area contributed by atoms with Crippen LogP contribution in [0.1, 0.15) is 16.1 Å². The van der Waals surface area contributed by atoms with Gasteiger partial charge in [-0.25, -0.2) is 18.0 Å². The van der Waals surface area contributed by atoms with Gasteiger partial charge in [-0.05, 0) is 54.2 Å². The third-order valence-corrected chi connectivity index (χ3v) is 6.10. The van der Waals surface area contributed by atoms with Gasteiger partial charge in [0.05, 0.1) is 21.2 Å². The zero-order valence-corrected chi connectivity index (χ0v) is 19.3. The summed E-state index contributed by atoms with van der Waals surface area (Å²) in [5.74, 6) is -7.48. The summed E-state index contributed by atoms with van der Waals surface area (Å²) in [6, 6.07) is 8.67. The lowest BCUT2D eigenvalue weighted by Crippen LogP contribution is -2.36. The molecule has 184 valence electrons. The van der Waals surface area contributed by atoms with Crippen LogP contribution in [0.15, 0.2) is 51.8 Å². The SMILES string of the molecule is O=C(CN1C(=O)S/C(=C/c2ccc(-c3ccc(Cl)c(C(=O)O)c3)o2)C1=O)Nc1ccc(F)c(F)c1F. The first-order valence-electron chi connectivity index (χ1n) is 9.87. The lowest BCUT2D eigenvalue weighted by molar-refractivity contribution is -0.127. The Balaban J connectivity index is 1.48. The van der Waals surface area contributed by atoms with Crippen molar-refractivity contribution in [3.05, 3.63) is 81.2 Å². The molecule has 2 heterocycles. The van der Waals surface area contributed by atoms with Crippen LogP contribution in [0, 0.1) is 17.5 Å². The fraction of sp³-hybridized carbons (Fsp3) is 0.0435. The van der Waals surface area contributed by atoms with Gasteiger partial charge in [0.1, 0.15) is 18.1 Å². The highest BCUT2D eigenvalue weighted by molar-refractivity contribution is 8.18. The third-order valence-electron chi connectivity index (χ3n) is 4.87. The molecular formula is C23H12ClF3N2O6S. The average Bonchev–Trinajstić information content (AvgIpc) is 3.40. The molecule has 0 aliphatic carbocycles. The van der Waals surface area contributed by atoms with Gasteiger partial charge in [-0.3, -0.25) is 19.3 Å². The van der Waals surface area contributed by atoms with E-state index in [0.29, 0.717) is 28.3 Å². The summed E-state index contributed by atoms with van der Waals surface area (Å²) in [7, 11) is 0. The summed E-state index contributed by atoms with van der Waals surface area (Å²) < 4.78 is 45.8. The van der Waals surface area contributed by atoms with Gasteiger partial charge in [0.15, 0.2) is 17.5 Å². The zero-order valence-electron chi connectivity index (χ0n) is 17.7. The van der Waals surface area contributed by atoms with Gasteiger partial charge in [0.25, 0.3) is 11.1 Å². The van der Waals surface area contributed by atoms with Gasteiger partial charge in [-0.1, -0.05) is 11.6 Å².